The molecular formula is C9H12BrN3O2S. The van der Waals surface area contributed by atoms with E-state index in [2.05, 4.69) is 26.4 Å². The molecule has 0 bridgehead atoms. The van der Waals surface area contributed by atoms with Crippen molar-refractivity contribution in [2.45, 2.75) is 19.4 Å². The van der Waals surface area contributed by atoms with Gasteiger partial charge in [0.05, 0.1) is 14.9 Å². The van der Waals surface area contributed by atoms with Crippen LogP contribution in [0.4, 0.5) is 0 Å². The maximum Gasteiger partial charge on any atom is 0.252 e. The average Bonchev–Trinajstić information content (AvgIpc) is 2.63. The molecule has 4 N–H and O–H groups in total. The Morgan fingerprint density at radius 3 is 2.75 bits per heavy atom. The highest BCUT2D eigenvalue weighted by Crippen LogP contribution is 2.21. The number of hydrogen-bond donors (Lipinski definition) is 3. The molecule has 0 unspecified atom stereocenters. The van der Waals surface area contributed by atoms with Crippen molar-refractivity contribution in [1.82, 2.24) is 5.32 Å². The zero-order valence-electron chi connectivity index (χ0n) is 8.82. The molecule has 0 radical (unpaired) electrons. The van der Waals surface area contributed by atoms with E-state index in [-0.39, 0.29) is 11.7 Å². The molecule has 1 aromatic heterocycles. The molecular weight excluding hydrogens is 294 g/mol. The van der Waals surface area contributed by atoms with Crippen molar-refractivity contribution >= 4 is 39.0 Å². The van der Waals surface area contributed by atoms with Crippen LogP contribution in [0.25, 0.3) is 0 Å². The van der Waals surface area contributed by atoms with E-state index in [0.717, 1.165) is 3.79 Å². The van der Waals surface area contributed by atoms with E-state index in [1.165, 1.54) is 11.3 Å². The SMILES string of the molecule is CC(C)(NC(=O)c1csc(Br)c1)C(N)=NO. The molecule has 1 aromatic rings. The largest absolute Gasteiger partial charge is 0.409 e. The van der Waals surface area contributed by atoms with Gasteiger partial charge >= 0.3 is 0 Å². The van der Waals surface area contributed by atoms with E-state index < -0.39 is 5.54 Å². The monoisotopic (exact) mass is 305 g/mol. The lowest BCUT2D eigenvalue weighted by Crippen LogP contribution is -2.53. The summed E-state index contributed by atoms with van der Waals surface area (Å²) in [4.78, 5) is 11.8. The Bertz CT molecular complexity index is 428. The molecule has 0 fully saturated rings. The molecule has 0 aliphatic carbocycles. The summed E-state index contributed by atoms with van der Waals surface area (Å²) >= 11 is 4.69. The van der Waals surface area contributed by atoms with Crippen molar-refractivity contribution in [2.24, 2.45) is 10.9 Å². The van der Waals surface area contributed by atoms with Gasteiger partial charge < -0.3 is 16.3 Å². The third-order valence-corrected chi connectivity index (χ3v) is 3.51. The number of carbonyl (C=O) groups is 1. The number of amidine groups is 1. The first-order valence-corrected chi connectivity index (χ1v) is 6.08. The summed E-state index contributed by atoms with van der Waals surface area (Å²) in [6.45, 7) is 3.31. The van der Waals surface area contributed by atoms with E-state index in [9.17, 15) is 4.79 Å². The Kier molecular flexibility index (Phi) is 3.93. The minimum atomic E-state index is -0.889. The predicted octanol–water partition coefficient (Wildman–Crippen LogP) is 1.77. The fourth-order valence-corrected chi connectivity index (χ4v) is 2.11. The molecule has 0 aliphatic rings. The summed E-state index contributed by atoms with van der Waals surface area (Å²) in [6.07, 6.45) is 0. The van der Waals surface area contributed by atoms with Crippen LogP contribution in [0.3, 0.4) is 0 Å². The summed E-state index contributed by atoms with van der Waals surface area (Å²) in [5, 5.41) is 15.8. The molecule has 5 nitrogen and oxygen atoms in total. The Hall–Kier alpha value is -1.08. The molecule has 1 amide bonds. The van der Waals surface area contributed by atoms with Crippen LogP contribution < -0.4 is 11.1 Å². The predicted molar refractivity (Wildman–Crippen MR) is 67.0 cm³/mol. The van der Waals surface area contributed by atoms with Gasteiger partial charge in [-0.2, -0.15) is 0 Å². The van der Waals surface area contributed by atoms with Crippen molar-refractivity contribution in [3.05, 3.63) is 20.8 Å². The number of thiophene rings is 1. The van der Waals surface area contributed by atoms with Gasteiger partial charge in [0.25, 0.3) is 5.91 Å². The van der Waals surface area contributed by atoms with Crippen molar-refractivity contribution in [3.8, 4) is 0 Å². The molecule has 0 atom stereocenters. The number of hydrogen-bond acceptors (Lipinski definition) is 4. The van der Waals surface area contributed by atoms with Crippen LogP contribution in [0.2, 0.25) is 0 Å². The second kappa shape index (κ2) is 4.84. The van der Waals surface area contributed by atoms with E-state index in [4.69, 9.17) is 10.9 Å². The van der Waals surface area contributed by atoms with Gasteiger partial charge in [-0.15, -0.1) is 11.3 Å². The Morgan fingerprint density at radius 2 is 2.31 bits per heavy atom. The molecule has 7 heteroatoms. The first kappa shape index (κ1) is 13.0. The van der Waals surface area contributed by atoms with Crippen LogP contribution in [0.5, 0.6) is 0 Å². The van der Waals surface area contributed by atoms with Crippen LogP contribution >= 0.6 is 27.3 Å². The van der Waals surface area contributed by atoms with E-state index in [0.29, 0.717) is 5.56 Å². The Labute approximate surface area is 105 Å². The van der Waals surface area contributed by atoms with E-state index in [1.54, 1.807) is 25.3 Å². The number of rotatable bonds is 3. The summed E-state index contributed by atoms with van der Waals surface area (Å²) < 4.78 is 0.874. The number of nitrogens with two attached hydrogens (primary N) is 1. The molecule has 0 aliphatic heterocycles. The molecule has 0 spiro atoms. The quantitative estimate of drug-likeness (QED) is 0.344. The summed E-state index contributed by atoms with van der Waals surface area (Å²) in [6, 6.07) is 1.71. The van der Waals surface area contributed by atoms with Crippen molar-refractivity contribution in [1.29, 1.82) is 0 Å². The highest BCUT2D eigenvalue weighted by atomic mass is 79.9. The zero-order chi connectivity index (χ0) is 12.3. The number of amides is 1. The standard InChI is InChI=1S/C9H12BrN3O2S/c1-9(2,8(11)13-15)12-7(14)5-3-6(10)16-4-5/h3-4,15H,1-2H3,(H2,11,13)(H,12,14). The lowest BCUT2D eigenvalue weighted by atomic mass is 10.0. The Morgan fingerprint density at radius 1 is 1.69 bits per heavy atom. The van der Waals surface area contributed by atoms with Crippen molar-refractivity contribution in [2.75, 3.05) is 0 Å². The second-order valence-electron chi connectivity index (χ2n) is 3.70. The molecule has 0 aromatic carbocycles. The summed E-state index contributed by atoms with van der Waals surface area (Å²) in [7, 11) is 0. The number of nitrogens with one attached hydrogen (secondary N) is 1. The maximum atomic E-state index is 11.8. The summed E-state index contributed by atoms with van der Waals surface area (Å²) in [5.41, 5.74) is 5.11. The first-order valence-electron chi connectivity index (χ1n) is 4.41. The normalized spacial score (nSPS) is 12.6. The number of carbonyl (C=O) groups excluding carboxylic acids is 1. The van der Waals surface area contributed by atoms with Crippen LogP contribution in [0, 0.1) is 0 Å². The van der Waals surface area contributed by atoms with Crippen LogP contribution in [-0.2, 0) is 0 Å². The van der Waals surface area contributed by atoms with Gasteiger partial charge in [0, 0.05) is 5.38 Å². The van der Waals surface area contributed by atoms with Gasteiger partial charge in [0.15, 0.2) is 5.84 Å². The maximum absolute atomic E-state index is 11.8. The van der Waals surface area contributed by atoms with E-state index in [1.807, 2.05) is 0 Å². The van der Waals surface area contributed by atoms with Crippen molar-refractivity contribution in [3.63, 3.8) is 0 Å². The lowest BCUT2D eigenvalue weighted by molar-refractivity contribution is 0.0931. The fourth-order valence-electron chi connectivity index (χ4n) is 0.974. The summed E-state index contributed by atoms with van der Waals surface area (Å²) in [5.74, 6) is -0.311. The van der Waals surface area contributed by atoms with Crippen LogP contribution in [0.1, 0.15) is 24.2 Å². The zero-order valence-corrected chi connectivity index (χ0v) is 11.2. The van der Waals surface area contributed by atoms with Gasteiger partial charge in [-0.05, 0) is 35.8 Å². The van der Waals surface area contributed by atoms with Crippen LogP contribution in [0.15, 0.2) is 20.4 Å². The van der Waals surface area contributed by atoms with Gasteiger partial charge in [0.1, 0.15) is 0 Å². The molecule has 0 saturated carbocycles. The van der Waals surface area contributed by atoms with Crippen LogP contribution in [-0.4, -0.2) is 22.5 Å². The smallest absolute Gasteiger partial charge is 0.252 e. The average molecular weight is 306 g/mol. The second-order valence-corrected chi connectivity index (χ2v) is 5.99. The third kappa shape index (κ3) is 2.96. The topological polar surface area (TPSA) is 87.7 Å². The van der Waals surface area contributed by atoms with Crippen molar-refractivity contribution < 1.29 is 10.0 Å². The minimum absolute atomic E-state index is 0.0462. The lowest BCUT2D eigenvalue weighted by Gasteiger charge is -2.24. The molecule has 0 saturated heterocycles. The first-order chi connectivity index (χ1) is 7.36. The molecule has 1 rings (SSSR count). The molecule has 1 heterocycles. The number of nitrogens with zero attached hydrogens (tertiary/aromatic N) is 1. The van der Waals surface area contributed by atoms with Gasteiger partial charge in [-0.3, -0.25) is 4.79 Å². The minimum Gasteiger partial charge on any atom is -0.409 e. The Balaban J connectivity index is 2.79. The van der Waals surface area contributed by atoms with Gasteiger partial charge in [-0.25, -0.2) is 0 Å². The van der Waals surface area contributed by atoms with Gasteiger partial charge in [-0.1, -0.05) is 5.16 Å². The van der Waals surface area contributed by atoms with E-state index >= 15 is 0 Å². The molecule has 88 valence electrons. The fraction of sp³-hybridized carbons (Fsp3) is 0.333. The third-order valence-electron chi connectivity index (χ3n) is 2.00. The highest BCUT2D eigenvalue weighted by molar-refractivity contribution is 9.11. The highest BCUT2D eigenvalue weighted by Gasteiger charge is 2.26. The van der Waals surface area contributed by atoms with Gasteiger partial charge in [0.2, 0.25) is 0 Å². The number of halogens is 1. The molecule has 16 heavy (non-hydrogen) atoms. The number of oxime groups is 1.